The molecule has 0 radical (unpaired) electrons. The number of halogens is 5. The number of aryl methyl sites for hydroxylation is 1. The van der Waals surface area contributed by atoms with Gasteiger partial charge in [0.1, 0.15) is 11.9 Å². The minimum atomic E-state index is -0.769. The van der Waals surface area contributed by atoms with Crippen LogP contribution in [-0.2, 0) is 11.2 Å². The molecule has 2 aromatic carbocycles. The molecule has 4 atom stereocenters. The lowest BCUT2D eigenvalue weighted by molar-refractivity contribution is -0.145. The summed E-state index contributed by atoms with van der Waals surface area (Å²) in [4.78, 5) is 23.1. The normalized spacial score (nSPS) is 21.2. The molecule has 0 spiro atoms. The van der Waals surface area contributed by atoms with Gasteiger partial charge in [-0.15, -0.1) is 48.6 Å². The predicted octanol–water partition coefficient (Wildman–Crippen LogP) is 8.88. The number of carboxylic acid groups (broad SMARTS) is 1. The minimum absolute atomic E-state index is 0. The average molecular weight is 722 g/mol. The lowest BCUT2D eigenvalue weighted by atomic mass is 9.87. The van der Waals surface area contributed by atoms with Crippen LogP contribution in [0.4, 0.5) is 4.39 Å². The Bertz CT molecular complexity index is 1370. The van der Waals surface area contributed by atoms with E-state index in [1.54, 1.807) is 12.1 Å². The molecule has 1 aromatic heterocycles. The van der Waals surface area contributed by atoms with E-state index in [0.717, 1.165) is 73.0 Å². The monoisotopic (exact) mass is 719 g/mol. The number of hydrogen-bond donors (Lipinski definition) is 1. The van der Waals surface area contributed by atoms with Crippen molar-refractivity contribution in [2.45, 2.75) is 76.8 Å². The van der Waals surface area contributed by atoms with E-state index in [2.05, 4.69) is 28.9 Å². The van der Waals surface area contributed by atoms with Gasteiger partial charge in [-0.2, -0.15) is 0 Å². The van der Waals surface area contributed by atoms with Crippen LogP contribution < -0.4 is 0 Å². The van der Waals surface area contributed by atoms with Gasteiger partial charge in [-0.05, 0) is 112 Å². The fourth-order valence-corrected chi connectivity index (χ4v) is 8.74. The SMILES string of the molecule is Cc1nc(Cc2ccc(Cl)cc2)sc1C1CCN(CC2CC(N(C)[C@@H](C(=O)O)C(C)C)CC2c2cccc(F)c2)CC1.Cl.Cl.Cl. The largest absolute Gasteiger partial charge is 0.480 e. The molecule has 1 aliphatic heterocycles. The number of nitrogens with zero attached hydrogens (tertiary/aromatic N) is 3. The van der Waals surface area contributed by atoms with E-state index in [-0.39, 0.29) is 60.9 Å². The van der Waals surface area contributed by atoms with Gasteiger partial charge in [-0.25, -0.2) is 9.37 Å². The molecule has 0 amide bonds. The molecule has 1 aliphatic carbocycles. The molecule has 1 saturated heterocycles. The summed E-state index contributed by atoms with van der Waals surface area (Å²) in [6.45, 7) is 9.12. The van der Waals surface area contributed by atoms with Crippen LogP contribution >= 0.6 is 60.2 Å². The molecular formula is C34H46Cl4FN3O2S. The number of carboxylic acids is 1. The second-order valence-corrected chi connectivity index (χ2v) is 14.2. The Morgan fingerprint density at radius 3 is 2.38 bits per heavy atom. The highest BCUT2D eigenvalue weighted by Gasteiger charge is 2.42. The molecule has 3 aromatic rings. The second-order valence-electron chi connectivity index (χ2n) is 12.7. The maximum Gasteiger partial charge on any atom is 0.321 e. The number of carbonyl (C=O) groups is 1. The van der Waals surface area contributed by atoms with Crippen molar-refractivity contribution in [3.05, 3.63) is 86.1 Å². The van der Waals surface area contributed by atoms with E-state index in [4.69, 9.17) is 16.6 Å². The standard InChI is InChI=1S/C34H43ClFN3O2S.3ClH/c1-21(2)32(34(40)41)38(4)29-18-26(30(19-29)25-6-5-7-28(36)17-25)20-39-14-12-24(13-15-39)33-22(3)37-31(42-33)16-23-8-10-27(35)11-9-23;;;/h5-11,17,21,24,26,29-30,32H,12-16,18-20H2,1-4H3,(H,40,41);3*1H/t26?,29?,30?,32-;;;/m1.../s1. The lowest BCUT2D eigenvalue weighted by Gasteiger charge is -2.35. The first-order valence-corrected chi connectivity index (χ1v) is 16.4. The Morgan fingerprint density at radius 1 is 1.11 bits per heavy atom. The number of likely N-dealkylation sites (tertiary alicyclic amines) is 1. The van der Waals surface area contributed by atoms with E-state index in [9.17, 15) is 14.3 Å². The molecule has 0 bridgehead atoms. The first kappa shape index (κ1) is 39.7. The van der Waals surface area contributed by atoms with E-state index in [0.29, 0.717) is 11.8 Å². The van der Waals surface area contributed by atoms with Gasteiger partial charge >= 0.3 is 5.97 Å². The highest BCUT2D eigenvalue weighted by Crippen LogP contribution is 2.44. The highest BCUT2D eigenvalue weighted by atomic mass is 35.5. The third-order valence-electron chi connectivity index (χ3n) is 9.44. The van der Waals surface area contributed by atoms with Gasteiger partial charge in [0.15, 0.2) is 0 Å². The van der Waals surface area contributed by atoms with Gasteiger partial charge in [0.05, 0.1) is 10.7 Å². The topological polar surface area (TPSA) is 56.7 Å². The quantitative estimate of drug-likeness (QED) is 0.227. The van der Waals surface area contributed by atoms with E-state index in [1.807, 2.05) is 50.4 Å². The summed E-state index contributed by atoms with van der Waals surface area (Å²) in [5.74, 6) is 0.140. The van der Waals surface area contributed by atoms with Crippen molar-refractivity contribution in [3.8, 4) is 0 Å². The van der Waals surface area contributed by atoms with Crippen molar-refractivity contribution >= 4 is 66.1 Å². The lowest BCUT2D eigenvalue weighted by Crippen LogP contribution is -2.47. The molecule has 5 rings (SSSR count). The summed E-state index contributed by atoms with van der Waals surface area (Å²) in [7, 11) is 1.96. The smallest absolute Gasteiger partial charge is 0.321 e. The Hall–Kier alpha value is -1.45. The average Bonchev–Trinajstić information content (AvgIpc) is 3.53. The zero-order valence-corrected chi connectivity index (χ0v) is 30.3. The number of likely N-dealkylation sites (N-methyl/N-ethyl adjacent to an activating group) is 1. The van der Waals surface area contributed by atoms with Gasteiger partial charge in [0, 0.05) is 28.9 Å². The number of piperidine rings is 1. The Kier molecular flexibility index (Phi) is 15.6. The molecule has 2 aliphatic rings. The molecule has 11 heteroatoms. The molecule has 3 unspecified atom stereocenters. The van der Waals surface area contributed by atoms with Crippen molar-refractivity contribution in [2.75, 3.05) is 26.7 Å². The van der Waals surface area contributed by atoms with Crippen molar-refractivity contribution in [2.24, 2.45) is 11.8 Å². The van der Waals surface area contributed by atoms with Crippen molar-refractivity contribution in [1.29, 1.82) is 0 Å². The molecule has 2 heterocycles. The van der Waals surface area contributed by atoms with Gasteiger partial charge < -0.3 is 10.0 Å². The molecular weight excluding hydrogens is 675 g/mol. The summed E-state index contributed by atoms with van der Waals surface area (Å²) in [5, 5.41) is 11.8. The van der Waals surface area contributed by atoms with Crippen LogP contribution in [-0.4, -0.2) is 64.6 Å². The number of aliphatic carboxylic acids is 1. The maximum absolute atomic E-state index is 14.3. The van der Waals surface area contributed by atoms with Crippen LogP contribution in [0.15, 0.2) is 48.5 Å². The van der Waals surface area contributed by atoms with Crippen molar-refractivity contribution in [1.82, 2.24) is 14.8 Å². The van der Waals surface area contributed by atoms with E-state index < -0.39 is 12.0 Å². The summed E-state index contributed by atoms with van der Waals surface area (Å²) in [5.41, 5.74) is 3.43. The zero-order chi connectivity index (χ0) is 30.0. The molecule has 250 valence electrons. The van der Waals surface area contributed by atoms with Crippen LogP contribution in [0, 0.1) is 24.6 Å². The van der Waals surface area contributed by atoms with Crippen LogP contribution in [0.3, 0.4) is 0 Å². The Morgan fingerprint density at radius 2 is 1.78 bits per heavy atom. The second kappa shape index (κ2) is 17.6. The van der Waals surface area contributed by atoms with Crippen LogP contribution in [0.1, 0.15) is 78.1 Å². The summed E-state index contributed by atoms with van der Waals surface area (Å²) >= 11 is 7.91. The first-order chi connectivity index (χ1) is 20.1. The van der Waals surface area contributed by atoms with Gasteiger partial charge in [0.2, 0.25) is 0 Å². The third-order valence-corrected chi connectivity index (χ3v) is 11.0. The first-order valence-electron chi connectivity index (χ1n) is 15.2. The van der Waals surface area contributed by atoms with Crippen molar-refractivity contribution < 1.29 is 14.3 Å². The Labute approximate surface area is 295 Å². The zero-order valence-electron chi connectivity index (χ0n) is 26.3. The molecule has 1 N–H and O–H groups in total. The molecule has 1 saturated carbocycles. The Balaban J connectivity index is 0.00000235. The fourth-order valence-electron chi connectivity index (χ4n) is 7.34. The highest BCUT2D eigenvalue weighted by molar-refractivity contribution is 7.11. The van der Waals surface area contributed by atoms with Crippen LogP contribution in [0.25, 0.3) is 0 Å². The number of aromatic nitrogens is 1. The number of hydrogen-bond acceptors (Lipinski definition) is 5. The minimum Gasteiger partial charge on any atom is -0.480 e. The molecule has 2 fully saturated rings. The van der Waals surface area contributed by atoms with Gasteiger partial charge in [0.25, 0.3) is 0 Å². The van der Waals surface area contributed by atoms with E-state index >= 15 is 0 Å². The summed E-state index contributed by atoms with van der Waals surface area (Å²) in [6.07, 6.45) is 4.83. The predicted molar refractivity (Wildman–Crippen MR) is 191 cm³/mol. The van der Waals surface area contributed by atoms with Crippen LogP contribution in [0.2, 0.25) is 5.02 Å². The summed E-state index contributed by atoms with van der Waals surface area (Å²) in [6, 6.07) is 14.7. The third kappa shape index (κ3) is 9.79. The molecule has 45 heavy (non-hydrogen) atoms. The number of benzene rings is 2. The van der Waals surface area contributed by atoms with Gasteiger partial charge in [-0.3, -0.25) is 9.69 Å². The number of thiazole rings is 1. The van der Waals surface area contributed by atoms with E-state index in [1.165, 1.54) is 16.5 Å². The van der Waals surface area contributed by atoms with Crippen molar-refractivity contribution in [3.63, 3.8) is 0 Å². The number of rotatable bonds is 10. The molecule has 5 nitrogen and oxygen atoms in total. The van der Waals surface area contributed by atoms with Gasteiger partial charge in [-0.1, -0.05) is 49.7 Å². The van der Waals surface area contributed by atoms with Crippen LogP contribution in [0.5, 0.6) is 0 Å². The summed E-state index contributed by atoms with van der Waals surface area (Å²) < 4.78 is 14.3. The maximum atomic E-state index is 14.3. The fraction of sp³-hybridized carbons (Fsp3) is 0.529.